The van der Waals surface area contributed by atoms with Crippen molar-refractivity contribution in [2.24, 2.45) is 16.7 Å². The molecule has 100 valence electrons. The molecule has 17 heavy (non-hydrogen) atoms. The predicted octanol–water partition coefficient (Wildman–Crippen LogP) is 2.17. The van der Waals surface area contributed by atoms with Crippen LogP contribution >= 0.6 is 0 Å². The Morgan fingerprint density at radius 3 is 2.24 bits per heavy atom. The van der Waals surface area contributed by atoms with Crippen LogP contribution < -0.4 is 10.6 Å². The Morgan fingerprint density at radius 1 is 1.18 bits per heavy atom. The molecule has 0 bridgehead atoms. The fraction of sp³-hybridized carbons (Fsp3) is 0.929. The molecule has 0 spiro atoms. The van der Waals surface area contributed by atoms with Gasteiger partial charge in [0.15, 0.2) is 0 Å². The summed E-state index contributed by atoms with van der Waals surface area (Å²) >= 11 is 0. The molecule has 0 aromatic carbocycles. The lowest BCUT2D eigenvalue weighted by Crippen LogP contribution is -2.35. The Hall–Kier alpha value is -0.570. The van der Waals surface area contributed by atoms with Gasteiger partial charge in [0.05, 0.1) is 6.54 Å². The summed E-state index contributed by atoms with van der Waals surface area (Å²) in [7, 11) is 0. The van der Waals surface area contributed by atoms with Crippen molar-refractivity contribution in [3.63, 3.8) is 0 Å². The zero-order valence-electron chi connectivity index (χ0n) is 12.0. The van der Waals surface area contributed by atoms with Crippen molar-refractivity contribution in [2.75, 3.05) is 19.6 Å². The van der Waals surface area contributed by atoms with Gasteiger partial charge in [-0.1, -0.05) is 41.0 Å². The molecule has 0 aliphatic heterocycles. The first-order valence-electron chi connectivity index (χ1n) is 6.81. The fourth-order valence-electron chi connectivity index (χ4n) is 2.64. The van der Waals surface area contributed by atoms with Gasteiger partial charge in [0, 0.05) is 6.54 Å². The van der Waals surface area contributed by atoms with E-state index in [2.05, 4.69) is 45.3 Å². The van der Waals surface area contributed by atoms with Crippen LogP contribution in [0.5, 0.6) is 0 Å². The number of amides is 1. The van der Waals surface area contributed by atoms with Crippen molar-refractivity contribution in [3.8, 4) is 0 Å². The van der Waals surface area contributed by atoms with Crippen LogP contribution in [0.4, 0.5) is 0 Å². The minimum Gasteiger partial charge on any atom is -0.355 e. The average molecular weight is 240 g/mol. The molecule has 0 saturated heterocycles. The second kappa shape index (κ2) is 5.38. The van der Waals surface area contributed by atoms with Gasteiger partial charge in [-0.2, -0.15) is 0 Å². The van der Waals surface area contributed by atoms with Gasteiger partial charge in [0.25, 0.3) is 0 Å². The first kappa shape index (κ1) is 14.5. The Labute approximate surface area is 106 Å². The number of carbonyl (C=O) groups excluding carboxylic acids is 1. The van der Waals surface area contributed by atoms with Crippen LogP contribution in [0.3, 0.4) is 0 Å². The molecule has 1 aliphatic carbocycles. The quantitative estimate of drug-likeness (QED) is 0.670. The Balaban J connectivity index is 2.11. The largest absolute Gasteiger partial charge is 0.355 e. The van der Waals surface area contributed by atoms with E-state index in [0.29, 0.717) is 23.3 Å². The van der Waals surface area contributed by atoms with Gasteiger partial charge in [-0.05, 0) is 29.7 Å². The molecule has 0 aromatic heterocycles. The summed E-state index contributed by atoms with van der Waals surface area (Å²) in [6, 6.07) is 0. The van der Waals surface area contributed by atoms with Crippen LogP contribution in [0.25, 0.3) is 0 Å². The van der Waals surface area contributed by atoms with E-state index < -0.39 is 0 Å². The summed E-state index contributed by atoms with van der Waals surface area (Å²) in [4.78, 5) is 11.5. The summed E-state index contributed by atoms with van der Waals surface area (Å²) in [5.41, 5.74) is 0.803. The lowest BCUT2D eigenvalue weighted by molar-refractivity contribution is -0.120. The van der Waals surface area contributed by atoms with Crippen LogP contribution in [0, 0.1) is 16.7 Å². The summed E-state index contributed by atoms with van der Waals surface area (Å²) in [5.74, 6) is 0.799. The molecule has 3 nitrogen and oxygen atoms in total. The van der Waals surface area contributed by atoms with Crippen molar-refractivity contribution >= 4 is 5.91 Å². The van der Waals surface area contributed by atoms with E-state index in [0.717, 1.165) is 25.9 Å². The molecule has 1 saturated carbocycles. The smallest absolute Gasteiger partial charge is 0.233 e. The molecule has 1 fully saturated rings. The zero-order chi connectivity index (χ0) is 13.1. The van der Waals surface area contributed by atoms with Gasteiger partial charge in [-0.15, -0.1) is 0 Å². The molecule has 3 heteroatoms. The topological polar surface area (TPSA) is 41.1 Å². The number of nitrogens with one attached hydrogen (secondary N) is 2. The number of unbranched alkanes of at least 4 members (excludes halogenated alkanes) is 1. The molecule has 1 amide bonds. The van der Waals surface area contributed by atoms with E-state index in [4.69, 9.17) is 0 Å². The Kier molecular flexibility index (Phi) is 4.59. The molecule has 2 N–H and O–H groups in total. The van der Waals surface area contributed by atoms with Crippen LogP contribution in [0.1, 0.15) is 47.5 Å². The van der Waals surface area contributed by atoms with Gasteiger partial charge in [-0.3, -0.25) is 4.79 Å². The third-order valence-electron chi connectivity index (χ3n) is 4.81. The van der Waals surface area contributed by atoms with Gasteiger partial charge in [0.2, 0.25) is 5.91 Å². The highest BCUT2D eigenvalue weighted by molar-refractivity contribution is 5.77. The molecule has 0 aromatic rings. The first-order valence-corrected chi connectivity index (χ1v) is 6.81. The second-order valence-electron chi connectivity index (χ2n) is 6.33. The standard InChI is InChI=1S/C14H28N2O/c1-6-7-8-16-12(17)10-15-9-11-13(2,3)14(11,4)5/h11,15H,6-10H2,1-5H3,(H,16,17). The van der Waals surface area contributed by atoms with E-state index in [-0.39, 0.29) is 5.91 Å². The highest BCUT2D eigenvalue weighted by Gasteiger charge is 2.63. The van der Waals surface area contributed by atoms with Crippen molar-refractivity contribution < 1.29 is 4.79 Å². The van der Waals surface area contributed by atoms with E-state index in [9.17, 15) is 4.79 Å². The molecular weight excluding hydrogens is 212 g/mol. The molecular formula is C14H28N2O. The van der Waals surface area contributed by atoms with Crippen LogP contribution in [0.15, 0.2) is 0 Å². The second-order valence-corrected chi connectivity index (χ2v) is 6.33. The molecule has 0 unspecified atom stereocenters. The minimum absolute atomic E-state index is 0.120. The van der Waals surface area contributed by atoms with Crippen molar-refractivity contribution in [1.82, 2.24) is 10.6 Å². The van der Waals surface area contributed by atoms with E-state index in [1.165, 1.54) is 0 Å². The highest BCUT2D eigenvalue weighted by atomic mass is 16.1. The van der Waals surface area contributed by atoms with Crippen molar-refractivity contribution in [2.45, 2.75) is 47.5 Å². The van der Waals surface area contributed by atoms with Crippen molar-refractivity contribution in [3.05, 3.63) is 0 Å². The van der Waals surface area contributed by atoms with E-state index in [1.54, 1.807) is 0 Å². The highest BCUT2D eigenvalue weighted by Crippen LogP contribution is 2.67. The average Bonchev–Trinajstić information content (AvgIpc) is 2.61. The molecule has 0 atom stereocenters. The molecule has 1 aliphatic rings. The monoisotopic (exact) mass is 240 g/mol. The third kappa shape index (κ3) is 3.21. The molecule has 0 radical (unpaired) electrons. The van der Waals surface area contributed by atoms with E-state index in [1.807, 2.05) is 0 Å². The lowest BCUT2D eigenvalue weighted by atomic mass is 10.0. The Bertz CT molecular complexity index is 257. The van der Waals surface area contributed by atoms with Gasteiger partial charge in [-0.25, -0.2) is 0 Å². The predicted molar refractivity (Wildman–Crippen MR) is 71.8 cm³/mol. The van der Waals surface area contributed by atoms with Crippen molar-refractivity contribution in [1.29, 1.82) is 0 Å². The maximum Gasteiger partial charge on any atom is 0.233 e. The maximum atomic E-state index is 11.5. The number of hydrogen-bond acceptors (Lipinski definition) is 2. The molecule has 1 rings (SSSR count). The summed E-state index contributed by atoms with van der Waals surface area (Å²) in [6.07, 6.45) is 2.19. The summed E-state index contributed by atoms with van der Waals surface area (Å²) in [5, 5.41) is 6.19. The van der Waals surface area contributed by atoms with Gasteiger partial charge in [0.1, 0.15) is 0 Å². The third-order valence-corrected chi connectivity index (χ3v) is 4.81. The van der Waals surface area contributed by atoms with Crippen LogP contribution in [-0.2, 0) is 4.79 Å². The van der Waals surface area contributed by atoms with Crippen LogP contribution in [0.2, 0.25) is 0 Å². The fourth-order valence-corrected chi connectivity index (χ4v) is 2.64. The summed E-state index contributed by atoms with van der Waals surface area (Å²) in [6.45, 7) is 13.6. The van der Waals surface area contributed by atoms with Crippen LogP contribution in [-0.4, -0.2) is 25.5 Å². The number of hydrogen-bond donors (Lipinski definition) is 2. The SMILES string of the molecule is CCCCNC(=O)CNCC1C(C)(C)C1(C)C. The normalized spacial score (nSPS) is 21.2. The first-order chi connectivity index (χ1) is 7.84. The van der Waals surface area contributed by atoms with Gasteiger partial charge < -0.3 is 10.6 Å². The Morgan fingerprint density at radius 2 is 1.76 bits per heavy atom. The van der Waals surface area contributed by atoms with E-state index >= 15 is 0 Å². The number of rotatable bonds is 7. The lowest BCUT2D eigenvalue weighted by Gasteiger charge is -2.07. The van der Waals surface area contributed by atoms with Gasteiger partial charge >= 0.3 is 0 Å². The molecule has 0 heterocycles. The summed E-state index contributed by atoms with van der Waals surface area (Å²) < 4.78 is 0. The maximum absolute atomic E-state index is 11.5. The minimum atomic E-state index is 0.120. The number of carbonyl (C=O) groups is 1. The zero-order valence-corrected chi connectivity index (χ0v) is 12.0.